The maximum atomic E-state index is 9.19. The number of nitriles is 1. The molecular weight excluding hydrogens is 126 g/mol. The van der Waals surface area contributed by atoms with Gasteiger partial charge in [0.05, 0.1) is 12.2 Å². The molecule has 0 aliphatic heterocycles. The van der Waals surface area contributed by atoms with Gasteiger partial charge in [-0.05, 0) is 32.1 Å². The molecule has 0 spiro atoms. The summed E-state index contributed by atoms with van der Waals surface area (Å²) in [5.74, 6) is 0.206. The first-order valence-electron chi connectivity index (χ1n) is 3.90. The fraction of sp³-hybridized carbons (Fsp3) is 0.875. The molecule has 1 aliphatic rings. The van der Waals surface area contributed by atoms with Crippen LogP contribution in [0.2, 0.25) is 0 Å². The molecule has 0 saturated heterocycles. The Bertz CT molecular complexity index is 139. The van der Waals surface area contributed by atoms with Gasteiger partial charge < -0.3 is 5.11 Å². The summed E-state index contributed by atoms with van der Waals surface area (Å²) in [6.07, 6.45) is 4.44. The lowest BCUT2D eigenvalue weighted by molar-refractivity contribution is 0.156. The zero-order valence-electron chi connectivity index (χ0n) is 6.08. The normalized spacial score (nSPS) is 34.4. The SMILES string of the molecule is N#CC1CCC[C@H](O)CC1. The van der Waals surface area contributed by atoms with Crippen LogP contribution < -0.4 is 0 Å². The van der Waals surface area contributed by atoms with E-state index in [1.165, 1.54) is 0 Å². The number of nitrogens with zero attached hydrogens (tertiary/aromatic N) is 1. The lowest BCUT2D eigenvalue weighted by atomic mass is 10.0. The molecule has 2 nitrogen and oxygen atoms in total. The Hall–Kier alpha value is -0.550. The Labute approximate surface area is 61.5 Å². The second kappa shape index (κ2) is 3.58. The van der Waals surface area contributed by atoms with Crippen LogP contribution in [0.3, 0.4) is 0 Å². The van der Waals surface area contributed by atoms with Crippen LogP contribution in [0, 0.1) is 17.2 Å². The minimum atomic E-state index is -0.140. The molecule has 56 valence electrons. The number of hydrogen-bond donors (Lipinski definition) is 1. The zero-order valence-corrected chi connectivity index (χ0v) is 6.08. The van der Waals surface area contributed by atoms with Crippen molar-refractivity contribution in [3.8, 4) is 6.07 Å². The van der Waals surface area contributed by atoms with Crippen molar-refractivity contribution in [3.63, 3.8) is 0 Å². The van der Waals surface area contributed by atoms with E-state index in [2.05, 4.69) is 6.07 Å². The molecule has 0 amide bonds. The van der Waals surface area contributed by atoms with Crippen LogP contribution in [0.25, 0.3) is 0 Å². The van der Waals surface area contributed by atoms with Gasteiger partial charge in [-0.25, -0.2) is 0 Å². The predicted molar refractivity (Wildman–Crippen MR) is 38.2 cm³/mol. The molecule has 1 saturated carbocycles. The van der Waals surface area contributed by atoms with E-state index in [-0.39, 0.29) is 12.0 Å². The van der Waals surface area contributed by atoms with Gasteiger partial charge in [0.2, 0.25) is 0 Å². The van der Waals surface area contributed by atoms with Crippen LogP contribution >= 0.6 is 0 Å². The number of rotatable bonds is 0. The molecule has 0 aromatic heterocycles. The molecule has 2 heteroatoms. The first-order chi connectivity index (χ1) is 4.83. The van der Waals surface area contributed by atoms with E-state index in [1.54, 1.807) is 0 Å². The Kier molecular flexibility index (Phi) is 2.70. The molecule has 1 N–H and O–H groups in total. The molecule has 1 rings (SSSR count). The van der Waals surface area contributed by atoms with E-state index in [1.807, 2.05) is 0 Å². The maximum Gasteiger partial charge on any atom is 0.0655 e. The van der Waals surface area contributed by atoms with Crippen LogP contribution in [0.4, 0.5) is 0 Å². The first kappa shape index (κ1) is 7.56. The second-order valence-corrected chi connectivity index (χ2v) is 2.99. The summed E-state index contributed by atoms with van der Waals surface area (Å²) in [5.41, 5.74) is 0. The van der Waals surface area contributed by atoms with E-state index >= 15 is 0 Å². The Balaban J connectivity index is 2.35. The van der Waals surface area contributed by atoms with Crippen molar-refractivity contribution < 1.29 is 5.11 Å². The highest BCUT2D eigenvalue weighted by Gasteiger charge is 2.15. The number of hydrogen-bond acceptors (Lipinski definition) is 2. The number of aliphatic hydroxyl groups is 1. The highest BCUT2D eigenvalue weighted by Crippen LogP contribution is 2.22. The molecule has 0 aromatic carbocycles. The Morgan fingerprint density at radius 1 is 1.20 bits per heavy atom. The summed E-state index contributed by atoms with van der Waals surface area (Å²) in [4.78, 5) is 0. The number of aliphatic hydroxyl groups excluding tert-OH is 1. The van der Waals surface area contributed by atoms with Gasteiger partial charge in [0.25, 0.3) is 0 Å². The third-order valence-electron chi connectivity index (χ3n) is 2.12. The van der Waals surface area contributed by atoms with Crippen molar-refractivity contribution in [2.75, 3.05) is 0 Å². The lowest BCUT2D eigenvalue weighted by Gasteiger charge is -2.03. The summed E-state index contributed by atoms with van der Waals surface area (Å²) in [7, 11) is 0. The summed E-state index contributed by atoms with van der Waals surface area (Å²) in [6, 6.07) is 2.25. The van der Waals surface area contributed by atoms with Crippen LogP contribution in [-0.4, -0.2) is 11.2 Å². The van der Waals surface area contributed by atoms with Crippen molar-refractivity contribution in [3.05, 3.63) is 0 Å². The fourth-order valence-corrected chi connectivity index (χ4v) is 1.41. The summed E-state index contributed by atoms with van der Waals surface area (Å²) >= 11 is 0. The van der Waals surface area contributed by atoms with Crippen molar-refractivity contribution >= 4 is 0 Å². The standard InChI is InChI=1S/C8H13NO/c9-6-7-2-1-3-8(10)5-4-7/h7-8,10H,1-5H2/t7?,8-/m0/s1. The Morgan fingerprint density at radius 3 is 2.70 bits per heavy atom. The zero-order chi connectivity index (χ0) is 7.40. The average Bonchev–Trinajstić information content (AvgIpc) is 2.14. The third kappa shape index (κ3) is 2.00. The monoisotopic (exact) mass is 139 g/mol. The average molecular weight is 139 g/mol. The summed E-state index contributed by atoms with van der Waals surface area (Å²) < 4.78 is 0. The minimum absolute atomic E-state index is 0.140. The quantitative estimate of drug-likeness (QED) is 0.516. The van der Waals surface area contributed by atoms with Gasteiger partial charge in [0.1, 0.15) is 0 Å². The highest BCUT2D eigenvalue weighted by molar-refractivity contribution is 4.85. The van der Waals surface area contributed by atoms with Gasteiger partial charge in [-0.1, -0.05) is 0 Å². The molecular formula is C8H13NO. The largest absolute Gasteiger partial charge is 0.393 e. The van der Waals surface area contributed by atoms with Crippen molar-refractivity contribution in [1.82, 2.24) is 0 Å². The van der Waals surface area contributed by atoms with Crippen molar-refractivity contribution in [2.45, 2.75) is 38.2 Å². The lowest BCUT2D eigenvalue weighted by Crippen LogP contribution is -2.03. The Morgan fingerprint density at radius 2 is 2.00 bits per heavy atom. The molecule has 10 heavy (non-hydrogen) atoms. The van der Waals surface area contributed by atoms with Crippen LogP contribution in [0.15, 0.2) is 0 Å². The highest BCUT2D eigenvalue weighted by atomic mass is 16.3. The maximum absolute atomic E-state index is 9.19. The molecule has 2 atom stereocenters. The molecule has 0 radical (unpaired) electrons. The molecule has 1 unspecified atom stereocenters. The van der Waals surface area contributed by atoms with E-state index in [0.29, 0.717) is 0 Å². The van der Waals surface area contributed by atoms with Crippen LogP contribution in [0.5, 0.6) is 0 Å². The van der Waals surface area contributed by atoms with E-state index in [4.69, 9.17) is 5.26 Å². The molecule has 0 bridgehead atoms. The van der Waals surface area contributed by atoms with Gasteiger partial charge in [-0.15, -0.1) is 0 Å². The topological polar surface area (TPSA) is 44.0 Å². The second-order valence-electron chi connectivity index (χ2n) is 2.99. The van der Waals surface area contributed by atoms with Crippen LogP contribution in [-0.2, 0) is 0 Å². The van der Waals surface area contributed by atoms with Crippen LogP contribution in [0.1, 0.15) is 32.1 Å². The van der Waals surface area contributed by atoms with E-state index in [9.17, 15) is 5.11 Å². The minimum Gasteiger partial charge on any atom is -0.393 e. The van der Waals surface area contributed by atoms with Gasteiger partial charge in [-0.3, -0.25) is 0 Å². The van der Waals surface area contributed by atoms with Crippen molar-refractivity contribution in [1.29, 1.82) is 5.26 Å². The van der Waals surface area contributed by atoms with Crippen molar-refractivity contribution in [2.24, 2.45) is 5.92 Å². The van der Waals surface area contributed by atoms with Gasteiger partial charge in [0, 0.05) is 5.92 Å². The smallest absolute Gasteiger partial charge is 0.0655 e. The van der Waals surface area contributed by atoms with Gasteiger partial charge in [-0.2, -0.15) is 5.26 Å². The van der Waals surface area contributed by atoms with Gasteiger partial charge >= 0.3 is 0 Å². The summed E-state index contributed by atoms with van der Waals surface area (Å²) in [5, 5.41) is 17.8. The van der Waals surface area contributed by atoms with E-state index in [0.717, 1.165) is 32.1 Å². The molecule has 1 aliphatic carbocycles. The summed E-state index contributed by atoms with van der Waals surface area (Å²) in [6.45, 7) is 0. The molecule has 1 fully saturated rings. The third-order valence-corrected chi connectivity index (χ3v) is 2.12. The molecule has 0 heterocycles. The first-order valence-corrected chi connectivity index (χ1v) is 3.90. The molecule has 0 aromatic rings. The van der Waals surface area contributed by atoms with Gasteiger partial charge in [0.15, 0.2) is 0 Å². The van der Waals surface area contributed by atoms with E-state index < -0.39 is 0 Å². The predicted octanol–water partition coefficient (Wildman–Crippen LogP) is 1.45. The fourth-order valence-electron chi connectivity index (χ4n) is 1.41.